The molecule has 1 aliphatic heterocycles. The molecule has 0 aromatic carbocycles. The van der Waals surface area contributed by atoms with Gasteiger partial charge in [0.2, 0.25) is 0 Å². The van der Waals surface area contributed by atoms with Gasteiger partial charge in [-0.05, 0) is 12.5 Å². The number of carbonyl (C=O) groups is 1. The summed E-state index contributed by atoms with van der Waals surface area (Å²) in [5, 5.41) is 0.368. The van der Waals surface area contributed by atoms with Gasteiger partial charge in [0.1, 0.15) is 11.8 Å². The maximum atomic E-state index is 11.6. The number of hydrogen-bond donors (Lipinski definition) is 0. The maximum Gasteiger partial charge on any atom is 0.310 e. The Labute approximate surface area is 110 Å². The Morgan fingerprint density at radius 2 is 2.28 bits per heavy atom. The van der Waals surface area contributed by atoms with E-state index in [1.807, 2.05) is 0 Å². The maximum absolute atomic E-state index is 11.6. The van der Waals surface area contributed by atoms with E-state index in [2.05, 4.69) is 4.98 Å². The summed E-state index contributed by atoms with van der Waals surface area (Å²) in [6.07, 6.45) is 1.86. The van der Waals surface area contributed by atoms with Crippen molar-refractivity contribution in [3.05, 3.63) is 29.0 Å². The predicted octanol–water partition coefficient (Wildman–Crippen LogP) is 1.21. The summed E-state index contributed by atoms with van der Waals surface area (Å²) in [6, 6.07) is 3.30. The summed E-state index contributed by atoms with van der Waals surface area (Å²) in [6.45, 7) is 0.0829. The Morgan fingerprint density at radius 1 is 1.50 bits per heavy atom. The molecule has 1 saturated heterocycles. The Balaban J connectivity index is 1.87. The molecular weight excluding hydrogens is 278 g/mol. The highest BCUT2D eigenvalue weighted by molar-refractivity contribution is 7.91. The highest BCUT2D eigenvalue weighted by atomic mass is 35.5. The molecule has 2 rings (SSSR count). The average molecular weight is 290 g/mol. The van der Waals surface area contributed by atoms with E-state index in [0.717, 1.165) is 0 Å². The van der Waals surface area contributed by atoms with Crippen LogP contribution in [0.1, 0.15) is 12.0 Å². The quantitative estimate of drug-likeness (QED) is 0.618. The van der Waals surface area contributed by atoms with E-state index in [9.17, 15) is 13.2 Å². The van der Waals surface area contributed by atoms with Gasteiger partial charge in [0.05, 0.1) is 17.4 Å². The first-order valence-corrected chi connectivity index (χ1v) is 7.64. The van der Waals surface area contributed by atoms with Crippen LogP contribution in [-0.2, 0) is 26.0 Å². The summed E-state index contributed by atoms with van der Waals surface area (Å²) in [5.74, 6) is -1.04. The van der Waals surface area contributed by atoms with Crippen molar-refractivity contribution in [3.63, 3.8) is 0 Å². The minimum absolute atomic E-state index is 0.0647. The molecule has 7 heteroatoms. The summed E-state index contributed by atoms with van der Waals surface area (Å²) < 4.78 is 27.5. The number of sulfone groups is 1. The van der Waals surface area contributed by atoms with E-state index in [0.29, 0.717) is 17.1 Å². The highest BCUT2D eigenvalue weighted by Crippen LogP contribution is 2.20. The molecule has 0 amide bonds. The van der Waals surface area contributed by atoms with Crippen molar-refractivity contribution in [3.8, 4) is 0 Å². The molecule has 2 heterocycles. The Morgan fingerprint density at radius 3 is 2.83 bits per heavy atom. The number of halogens is 1. The molecule has 0 saturated carbocycles. The van der Waals surface area contributed by atoms with E-state index in [1.165, 1.54) is 6.20 Å². The summed E-state index contributed by atoms with van der Waals surface area (Å²) in [4.78, 5) is 15.5. The summed E-state index contributed by atoms with van der Waals surface area (Å²) >= 11 is 5.62. The third-order valence-corrected chi connectivity index (χ3v) is 4.73. The number of ether oxygens (including phenoxy) is 1. The zero-order valence-corrected chi connectivity index (χ0v) is 11.1. The Hall–Kier alpha value is -1.14. The molecule has 1 aliphatic rings. The van der Waals surface area contributed by atoms with Gasteiger partial charge >= 0.3 is 5.97 Å². The van der Waals surface area contributed by atoms with Crippen molar-refractivity contribution in [2.45, 2.75) is 13.0 Å². The van der Waals surface area contributed by atoms with Gasteiger partial charge in [0, 0.05) is 11.8 Å². The highest BCUT2D eigenvalue weighted by Gasteiger charge is 2.33. The summed E-state index contributed by atoms with van der Waals surface area (Å²) in [5.41, 5.74) is 0.716. The molecule has 0 bridgehead atoms. The fraction of sp³-hybridized carbons (Fsp3) is 0.455. The predicted molar refractivity (Wildman–Crippen MR) is 65.8 cm³/mol. The lowest BCUT2D eigenvalue weighted by molar-refractivity contribution is -0.149. The third kappa shape index (κ3) is 3.43. The van der Waals surface area contributed by atoms with E-state index < -0.39 is 21.7 Å². The van der Waals surface area contributed by atoms with E-state index in [4.69, 9.17) is 16.3 Å². The minimum atomic E-state index is -3.06. The van der Waals surface area contributed by atoms with Crippen molar-refractivity contribution in [1.82, 2.24) is 4.98 Å². The second-order valence-corrected chi connectivity index (χ2v) is 6.81. The number of esters is 1. The van der Waals surface area contributed by atoms with Crippen LogP contribution in [0.2, 0.25) is 5.15 Å². The Kier molecular flexibility index (Phi) is 3.87. The zero-order valence-electron chi connectivity index (χ0n) is 9.50. The fourth-order valence-electron chi connectivity index (χ4n) is 1.75. The van der Waals surface area contributed by atoms with Crippen LogP contribution in [0.15, 0.2) is 18.3 Å². The molecule has 1 unspecified atom stereocenters. The van der Waals surface area contributed by atoms with Gasteiger partial charge in [-0.25, -0.2) is 13.4 Å². The number of hydrogen-bond acceptors (Lipinski definition) is 5. The second-order valence-electron chi connectivity index (χ2n) is 4.20. The standard InChI is InChI=1S/C11H12ClNO4S/c12-10-2-1-8(5-13-10)6-17-11(14)9-3-4-18(15,16)7-9/h1-2,5,9H,3-4,6-7H2. The van der Waals surface area contributed by atoms with Gasteiger partial charge in [0.15, 0.2) is 9.84 Å². The van der Waals surface area contributed by atoms with Crippen LogP contribution in [0.5, 0.6) is 0 Å². The van der Waals surface area contributed by atoms with Gasteiger partial charge in [-0.3, -0.25) is 4.79 Å². The monoisotopic (exact) mass is 289 g/mol. The van der Waals surface area contributed by atoms with Crippen molar-refractivity contribution in [2.75, 3.05) is 11.5 Å². The number of carbonyl (C=O) groups excluding carboxylic acids is 1. The van der Waals surface area contributed by atoms with E-state index >= 15 is 0 Å². The topological polar surface area (TPSA) is 73.3 Å². The molecule has 1 aromatic rings. The van der Waals surface area contributed by atoms with E-state index in [1.54, 1.807) is 12.1 Å². The zero-order chi connectivity index (χ0) is 13.2. The average Bonchev–Trinajstić information content (AvgIpc) is 2.69. The fourth-order valence-corrected chi connectivity index (χ4v) is 3.58. The molecule has 0 N–H and O–H groups in total. The molecule has 5 nitrogen and oxygen atoms in total. The lowest BCUT2D eigenvalue weighted by Gasteiger charge is -2.08. The van der Waals surface area contributed by atoms with Crippen molar-refractivity contribution in [2.24, 2.45) is 5.92 Å². The first kappa shape index (κ1) is 13.3. The molecule has 1 aromatic heterocycles. The second kappa shape index (κ2) is 5.24. The van der Waals surface area contributed by atoms with Gasteiger partial charge in [-0.2, -0.15) is 0 Å². The van der Waals surface area contributed by atoms with Crippen LogP contribution in [0, 0.1) is 5.92 Å². The van der Waals surface area contributed by atoms with E-state index in [-0.39, 0.29) is 18.1 Å². The van der Waals surface area contributed by atoms with Crippen molar-refractivity contribution >= 4 is 27.4 Å². The van der Waals surface area contributed by atoms with Crippen LogP contribution in [0.3, 0.4) is 0 Å². The lowest BCUT2D eigenvalue weighted by atomic mass is 10.1. The molecule has 18 heavy (non-hydrogen) atoms. The van der Waals surface area contributed by atoms with Gasteiger partial charge in [-0.15, -0.1) is 0 Å². The van der Waals surface area contributed by atoms with Crippen LogP contribution < -0.4 is 0 Å². The molecule has 1 fully saturated rings. The number of rotatable bonds is 3. The number of nitrogens with zero attached hydrogens (tertiary/aromatic N) is 1. The molecule has 98 valence electrons. The molecule has 0 radical (unpaired) electrons. The van der Waals surface area contributed by atoms with Gasteiger partial charge < -0.3 is 4.74 Å². The molecule has 1 atom stereocenters. The molecular formula is C11H12ClNO4S. The van der Waals surface area contributed by atoms with Crippen LogP contribution in [0.25, 0.3) is 0 Å². The third-order valence-electron chi connectivity index (χ3n) is 2.74. The number of aromatic nitrogens is 1. The smallest absolute Gasteiger partial charge is 0.310 e. The molecule has 0 spiro atoms. The van der Waals surface area contributed by atoms with Crippen molar-refractivity contribution in [1.29, 1.82) is 0 Å². The first-order valence-electron chi connectivity index (χ1n) is 5.44. The van der Waals surface area contributed by atoms with Gasteiger partial charge in [0.25, 0.3) is 0 Å². The molecule has 0 aliphatic carbocycles. The van der Waals surface area contributed by atoms with Crippen LogP contribution in [0.4, 0.5) is 0 Å². The van der Waals surface area contributed by atoms with Crippen LogP contribution >= 0.6 is 11.6 Å². The number of pyridine rings is 1. The normalized spacial score (nSPS) is 21.7. The first-order chi connectivity index (χ1) is 8.46. The minimum Gasteiger partial charge on any atom is -0.461 e. The lowest BCUT2D eigenvalue weighted by Crippen LogP contribution is -2.18. The van der Waals surface area contributed by atoms with Crippen LogP contribution in [-0.4, -0.2) is 30.9 Å². The Bertz CT molecular complexity index is 541. The SMILES string of the molecule is O=C(OCc1ccc(Cl)nc1)C1CCS(=O)(=O)C1. The summed E-state index contributed by atoms with van der Waals surface area (Å²) in [7, 11) is -3.06. The largest absolute Gasteiger partial charge is 0.461 e. The van der Waals surface area contributed by atoms with Crippen molar-refractivity contribution < 1.29 is 17.9 Å². The van der Waals surface area contributed by atoms with Gasteiger partial charge in [-0.1, -0.05) is 17.7 Å².